The molecule has 1 rings (SSSR count). The highest BCUT2D eigenvalue weighted by atomic mass is 14.0. The Labute approximate surface area is 65.0 Å². The van der Waals surface area contributed by atoms with Crippen LogP contribution in [0.3, 0.4) is 0 Å². The molecule has 0 unspecified atom stereocenters. The van der Waals surface area contributed by atoms with Crippen LogP contribution in [0, 0.1) is 12.8 Å². The summed E-state index contributed by atoms with van der Waals surface area (Å²) in [5.41, 5.74) is 0. The van der Waals surface area contributed by atoms with Gasteiger partial charge in [0.2, 0.25) is 0 Å². The summed E-state index contributed by atoms with van der Waals surface area (Å²) < 4.78 is 0. The molecular formula is C10H18. The van der Waals surface area contributed by atoms with E-state index in [1.54, 1.807) is 0 Å². The summed E-state index contributed by atoms with van der Waals surface area (Å²) >= 11 is 0. The van der Waals surface area contributed by atoms with Crippen molar-refractivity contribution in [3.05, 3.63) is 12.8 Å². The van der Waals surface area contributed by atoms with Gasteiger partial charge in [0.15, 0.2) is 0 Å². The van der Waals surface area contributed by atoms with Crippen molar-refractivity contribution in [3.8, 4) is 0 Å². The van der Waals surface area contributed by atoms with Crippen LogP contribution in [0.15, 0.2) is 0 Å². The maximum Gasteiger partial charge on any atom is -0.0386 e. The van der Waals surface area contributed by atoms with E-state index in [1.165, 1.54) is 51.4 Å². The van der Waals surface area contributed by atoms with Crippen molar-refractivity contribution >= 4 is 0 Å². The Morgan fingerprint density at radius 3 is 1.10 bits per heavy atom. The molecule has 1 aliphatic carbocycles. The zero-order valence-electron chi connectivity index (χ0n) is 6.81. The van der Waals surface area contributed by atoms with Crippen LogP contribution in [-0.4, -0.2) is 0 Å². The van der Waals surface area contributed by atoms with Crippen LogP contribution in [0.25, 0.3) is 0 Å². The third kappa shape index (κ3) is 3.92. The van der Waals surface area contributed by atoms with Gasteiger partial charge < -0.3 is 0 Å². The minimum atomic E-state index is 1.36. The molecule has 10 heavy (non-hydrogen) atoms. The van der Waals surface area contributed by atoms with Crippen molar-refractivity contribution in [1.82, 2.24) is 0 Å². The summed E-state index contributed by atoms with van der Waals surface area (Å²) in [6.45, 7) is 0. The minimum Gasteiger partial charge on any atom is -0.0530 e. The molecule has 0 nitrogen and oxygen atoms in total. The van der Waals surface area contributed by atoms with E-state index >= 15 is 0 Å². The summed E-state index contributed by atoms with van der Waals surface area (Å²) in [4.78, 5) is 0. The number of hydrogen-bond donors (Lipinski definition) is 0. The van der Waals surface area contributed by atoms with Gasteiger partial charge in [0, 0.05) is 0 Å². The maximum absolute atomic E-state index is 2.46. The highest BCUT2D eigenvalue weighted by Gasteiger charge is 1.96. The second-order valence-electron chi connectivity index (χ2n) is 3.15. The van der Waals surface area contributed by atoms with Crippen molar-refractivity contribution < 1.29 is 0 Å². The van der Waals surface area contributed by atoms with Gasteiger partial charge in [-0.3, -0.25) is 0 Å². The molecule has 0 aromatic rings. The largest absolute Gasteiger partial charge is 0.0530 e. The van der Waals surface area contributed by atoms with Gasteiger partial charge in [-0.1, -0.05) is 51.4 Å². The Balaban J connectivity index is 2.00. The molecule has 1 fully saturated rings. The molecule has 0 aliphatic heterocycles. The van der Waals surface area contributed by atoms with Crippen LogP contribution in [0.4, 0.5) is 0 Å². The predicted molar refractivity (Wildman–Crippen MR) is 45.5 cm³/mol. The fourth-order valence-electron chi connectivity index (χ4n) is 1.44. The first-order valence-corrected chi connectivity index (χ1v) is 4.63. The summed E-state index contributed by atoms with van der Waals surface area (Å²) in [5.74, 6) is 0. The van der Waals surface area contributed by atoms with Crippen LogP contribution in [0.5, 0.6) is 0 Å². The van der Waals surface area contributed by atoms with E-state index in [4.69, 9.17) is 0 Å². The monoisotopic (exact) mass is 138 g/mol. The third-order valence-corrected chi connectivity index (χ3v) is 2.13. The van der Waals surface area contributed by atoms with E-state index in [0.717, 1.165) is 0 Å². The highest BCUT2D eigenvalue weighted by molar-refractivity contribution is 4.71. The molecule has 0 heteroatoms. The molecule has 0 amide bonds. The molecule has 1 aliphatic rings. The van der Waals surface area contributed by atoms with Gasteiger partial charge in [0.25, 0.3) is 0 Å². The van der Waals surface area contributed by atoms with Crippen molar-refractivity contribution in [2.24, 2.45) is 0 Å². The molecule has 0 aromatic heterocycles. The lowest BCUT2D eigenvalue weighted by atomic mass is 10.0. The first-order chi connectivity index (χ1) is 5.00. The average molecular weight is 138 g/mol. The highest BCUT2D eigenvalue weighted by Crippen LogP contribution is 2.14. The van der Waals surface area contributed by atoms with E-state index < -0.39 is 0 Å². The van der Waals surface area contributed by atoms with Gasteiger partial charge in [0.1, 0.15) is 0 Å². The zero-order chi connectivity index (χ0) is 7.07. The van der Waals surface area contributed by atoms with Crippen molar-refractivity contribution in [1.29, 1.82) is 0 Å². The Morgan fingerprint density at radius 2 is 0.800 bits per heavy atom. The van der Waals surface area contributed by atoms with Gasteiger partial charge in [-0.15, -0.1) is 0 Å². The Morgan fingerprint density at radius 1 is 0.500 bits per heavy atom. The standard InChI is InChI=1S/C10H18/c1-2-4-6-8-10-9-7-5-3-1/h1,10H,2-9H2. The third-order valence-electron chi connectivity index (χ3n) is 2.13. The summed E-state index contributed by atoms with van der Waals surface area (Å²) in [5, 5.41) is 0. The van der Waals surface area contributed by atoms with Crippen molar-refractivity contribution in [2.75, 3.05) is 0 Å². The van der Waals surface area contributed by atoms with Gasteiger partial charge >= 0.3 is 0 Å². The molecular weight excluding hydrogens is 120 g/mol. The smallest absolute Gasteiger partial charge is 0.0386 e. The molecule has 0 saturated heterocycles. The lowest BCUT2D eigenvalue weighted by Crippen LogP contribution is -1.87. The summed E-state index contributed by atoms with van der Waals surface area (Å²) in [6, 6.07) is 0. The SMILES string of the molecule is [CH]1CCCC[CH]CCCC1. The first-order valence-electron chi connectivity index (χ1n) is 4.63. The van der Waals surface area contributed by atoms with E-state index in [9.17, 15) is 0 Å². The van der Waals surface area contributed by atoms with Crippen LogP contribution in [-0.2, 0) is 0 Å². The van der Waals surface area contributed by atoms with Crippen LogP contribution in [0.2, 0.25) is 0 Å². The molecule has 0 spiro atoms. The van der Waals surface area contributed by atoms with Crippen LogP contribution < -0.4 is 0 Å². The van der Waals surface area contributed by atoms with Crippen molar-refractivity contribution in [3.63, 3.8) is 0 Å². The molecule has 0 N–H and O–H groups in total. The second kappa shape index (κ2) is 5.76. The molecule has 0 heterocycles. The van der Waals surface area contributed by atoms with Gasteiger partial charge in [-0.2, -0.15) is 0 Å². The predicted octanol–water partition coefficient (Wildman–Crippen LogP) is 3.53. The molecule has 2 radical (unpaired) electrons. The van der Waals surface area contributed by atoms with E-state index in [0.29, 0.717) is 0 Å². The van der Waals surface area contributed by atoms with E-state index in [1.807, 2.05) is 0 Å². The molecule has 0 aromatic carbocycles. The fourth-order valence-corrected chi connectivity index (χ4v) is 1.44. The quantitative estimate of drug-likeness (QED) is 0.480. The van der Waals surface area contributed by atoms with Crippen LogP contribution >= 0.6 is 0 Å². The zero-order valence-corrected chi connectivity index (χ0v) is 6.81. The summed E-state index contributed by atoms with van der Waals surface area (Å²) in [7, 11) is 0. The van der Waals surface area contributed by atoms with Crippen LogP contribution in [0.1, 0.15) is 51.4 Å². The number of hydrogen-bond acceptors (Lipinski definition) is 0. The Kier molecular flexibility index (Phi) is 4.67. The molecule has 58 valence electrons. The Bertz CT molecular complexity index is 33.2. The van der Waals surface area contributed by atoms with E-state index in [-0.39, 0.29) is 0 Å². The normalized spacial score (nSPS) is 24.0. The maximum atomic E-state index is 2.46. The first kappa shape index (κ1) is 8.10. The minimum absolute atomic E-state index is 1.36. The van der Waals surface area contributed by atoms with Gasteiger partial charge in [-0.05, 0) is 12.8 Å². The molecule has 0 bridgehead atoms. The van der Waals surface area contributed by atoms with Crippen molar-refractivity contribution in [2.45, 2.75) is 51.4 Å². The molecule has 0 atom stereocenters. The van der Waals surface area contributed by atoms with Gasteiger partial charge in [0.05, 0.1) is 0 Å². The van der Waals surface area contributed by atoms with E-state index in [2.05, 4.69) is 12.8 Å². The van der Waals surface area contributed by atoms with Gasteiger partial charge in [-0.25, -0.2) is 0 Å². The Hall–Kier alpha value is 0. The molecule has 1 saturated carbocycles. The lowest BCUT2D eigenvalue weighted by molar-refractivity contribution is 0.616. The number of rotatable bonds is 0. The fraction of sp³-hybridized carbons (Fsp3) is 0.800. The summed E-state index contributed by atoms with van der Waals surface area (Å²) in [6.07, 6.45) is 16.0. The second-order valence-corrected chi connectivity index (χ2v) is 3.15. The topological polar surface area (TPSA) is 0 Å². The average Bonchev–Trinajstić information content (AvgIpc) is 2.01. The lowest BCUT2D eigenvalue weighted by Gasteiger charge is -2.05.